The summed E-state index contributed by atoms with van der Waals surface area (Å²) < 4.78 is 37.5. The molecule has 0 spiro atoms. The first kappa shape index (κ1) is 26.6. The summed E-state index contributed by atoms with van der Waals surface area (Å²) in [6, 6.07) is 10.3. The Bertz CT molecular complexity index is 1250. The fourth-order valence-electron chi connectivity index (χ4n) is 3.91. The van der Waals surface area contributed by atoms with E-state index in [1.807, 2.05) is 30.3 Å². The highest BCUT2D eigenvalue weighted by Gasteiger charge is 2.26. The van der Waals surface area contributed by atoms with Crippen molar-refractivity contribution < 1.29 is 17.6 Å². The normalized spacial score (nSPS) is 15.3. The zero-order valence-corrected chi connectivity index (χ0v) is 21.0. The van der Waals surface area contributed by atoms with Gasteiger partial charge in [0, 0.05) is 49.1 Å². The third kappa shape index (κ3) is 7.47. The van der Waals surface area contributed by atoms with Gasteiger partial charge in [-0.2, -0.15) is 4.91 Å². The zero-order chi connectivity index (χ0) is 25.6. The second-order valence-electron chi connectivity index (χ2n) is 8.55. The molecule has 0 aromatic heterocycles. The van der Waals surface area contributed by atoms with E-state index >= 15 is 0 Å². The van der Waals surface area contributed by atoms with E-state index < -0.39 is 33.5 Å². The molecule has 0 saturated heterocycles. The van der Waals surface area contributed by atoms with Gasteiger partial charge in [0.1, 0.15) is 21.7 Å². The molecule has 0 saturated carbocycles. The van der Waals surface area contributed by atoms with Gasteiger partial charge in [-0.15, -0.1) is 0 Å². The SMILES string of the molecule is CN1C=C(C(CC(c2ccc(C(=O)NCCS(C)(=O)=O)cc2)c2ccc(Cl)cc2F)N=O)C=CC1. The Labute approximate surface area is 209 Å². The third-order valence-electron chi connectivity index (χ3n) is 5.72. The van der Waals surface area contributed by atoms with E-state index in [1.54, 1.807) is 36.4 Å². The molecule has 2 aromatic carbocycles. The maximum absolute atomic E-state index is 14.9. The molecule has 186 valence electrons. The maximum Gasteiger partial charge on any atom is 0.251 e. The second-order valence-corrected chi connectivity index (χ2v) is 11.3. The molecule has 3 rings (SSSR count). The van der Waals surface area contributed by atoms with Crippen LogP contribution in [-0.2, 0) is 9.84 Å². The van der Waals surface area contributed by atoms with E-state index in [2.05, 4.69) is 10.5 Å². The molecule has 2 unspecified atom stereocenters. The predicted molar refractivity (Wildman–Crippen MR) is 136 cm³/mol. The van der Waals surface area contributed by atoms with Crippen LogP contribution in [0.2, 0.25) is 5.02 Å². The van der Waals surface area contributed by atoms with Crippen molar-refractivity contribution in [2.75, 3.05) is 32.1 Å². The molecule has 2 atom stereocenters. The topological polar surface area (TPSA) is 95.9 Å². The molecule has 0 aliphatic carbocycles. The van der Waals surface area contributed by atoms with Crippen molar-refractivity contribution >= 4 is 27.3 Å². The first-order valence-electron chi connectivity index (χ1n) is 11.0. The van der Waals surface area contributed by atoms with Crippen molar-refractivity contribution in [2.45, 2.75) is 18.4 Å². The summed E-state index contributed by atoms with van der Waals surface area (Å²) in [5, 5.41) is 6.16. The summed E-state index contributed by atoms with van der Waals surface area (Å²) >= 11 is 5.95. The Morgan fingerprint density at radius 2 is 1.94 bits per heavy atom. The number of nitroso groups, excluding NO2 is 1. The molecule has 1 N–H and O–H groups in total. The van der Waals surface area contributed by atoms with Crippen molar-refractivity contribution in [3.05, 3.63) is 98.8 Å². The fourth-order valence-corrected chi connectivity index (χ4v) is 4.54. The van der Waals surface area contributed by atoms with Gasteiger partial charge in [-0.25, -0.2) is 12.8 Å². The van der Waals surface area contributed by atoms with E-state index in [1.165, 1.54) is 6.07 Å². The quantitative estimate of drug-likeness (QED) is 0.472. The third-order valence-corrected chi connectivity index (χ3v) is 6.90. The predicted octanol–water partition coefficient (Wildman–Crippen LogP) is 4.30. The van der Waals surface area contributed by atoms with E-state index in [0.29, 0.717) is 16.7 Å². The average molecular weight is 520 g/mol. The number of likely N-dealkylation sites (N-methyl/N-ethyl adjacent to an activating group) is 1. The van der Waals surface area contributed by atoms with Crippen LogP contribution in [0.4, 0.5) is 4.39 Å². The molecule has 0 radical (unpaired) electrons. The van der Waals surface area contributed by atoms with Crippen LogP contribution in [0.1, 0.15) is 33.8 Å². The lowest BCUT2D eigenvalue weighted by Gasteiger charge is -2.25. The average Bonchev–Trinajstić information content (AvgIpc) is 2.80. The Kier molecular flexibility index (Phi) is 8.80. The van der Waals surface area contributed by atoms with Crippen LogP contribution >= 0.6 is 11.6 Å². The Hall–Kier alpha value is -3.04. The highest BCUT2D eigenvalue weighted by Crippen LogP contribution is 2.35. The molecule has 1 amide bonds. The summed E-state index contributed by atoms with van der Waals surface area (Å²) in [6.45, 7) is 0.722. The first-order chi connectivity index (χ1) is 16.6. The highest BCUT2D eigenvalue weighted by atomic mass is 35.5. The minimum Gasteiger partial charge on any atom is -0.376 e. The lowest BCUT2D eigenvalue weighted by Crippen LogP contribution is -2.28. The number of nitrogens with one attached hydrogen (secondary N) is 1. The van der Waals surface area contributed by atoms with Gasteiger partial charge in [-0.1, -0.05) is 47.1 Å². The Morgan fingerprint density at radius 1 is 1.23 bits per heavy atom. The summed E-state index contributed by atoms with van der Waals surface area (Å²) in [6.07, 6.45) is 6.95. The number of amides is 1. The zero-order valence-electron chi connectivity index (χ0n) is 19.4. The summed E-state index contributed by atoms with van der Waals surface area (Å²) in [4.78, 5) is 26.1. The number of nitrogens with zero attached hydrogens (tertiary/aromatic N) is 2. The molecular weight excluding hydrogens is 493 g/mol. The van der Waals surface area contributed by atoms with Crippen LogP contribution in [-0.4, -0.2) is 57.4 Å². The standard InChI is InChI=1S/C25H27ClFN3O4S/c1-30-12-3-4-19(16-30)24(29-32)15-22(21-10-9-20(26)14-23(21)27)17-5-7-18(8-6-17)25(31)28-11-13-35(2,33)34/h3-10,14,16,22,24H,11-13,15H2,1-2H3,(H,28,31). The van der Waals surface area contributed by atoms with E-state index in [0.717, 1.165) is 18.4 Å². The number of sulfone groups is 1. The summed E-state index contributed by atoms with van der Waals surface area (Å²) in [5.41, 5.74) is 2.13. The summed E-state index contributed by atoms with van der Waals surface area (Å²) in [5.74, 6) is -1.60. The van der Waals surface area contributed by atoms with Gasteiger partial charge in [0.15, 0.2) is 0 Å². The number of carbonyl (C=O) groups is 1. The fraction of sp³-hybridized carbons (Fsp3) is 0.320. The smallest absolute Gasteiger partial charge is 0.251 e. The minimum absolute atomic E-state index is 0.00177. The largest absolute Gasteiger partial charge is 0.376 e. The van der Waals surface area contributed by atoms with Gasteiger partial charge < -0.3 is 10.2 Å². The molecule has 1 aliphatic heterocycles. The van der Waals surface area contributed by atoms with Crippen LogP contribution in [0, 0.1) is 10.7 Å². The molecule has 7 nitrogen and oxygen atoms in total. The number of halogens is 2. The number of carbonyl (C=O) groups excluding carboxylic acids is 1. The van der Waals surface area contributed by atoms with Crippen LogP contribution in [0.5, 0.6) is 0 Å². The number of hydrogen-bond donors (Lipinski definition) is 1. The first-order valence-corrected chi connectivity index (χ1v) is 13.4. The van der Waals surface area contributed by atoms with Crippen LogP contribution in [0.15, 0.2) is 71.6 Å². The van der Waals surface area contributed by atoms with Crippen molar-refractivity contribution in [1.29, 1.82) is 0 Å². The van der Waals surface area contributed by atoms with Gasteiger partial charge >= 0.3 is 0 Å². The molecule has 1 heterocycles. The minimum atomic E-state index is -3.19. The van der Waals surface area contributed by atoms with Gasteiger partial charge in [0.2, 0.25) is 0 Å². The van der Waals surface area contributed by atoms with Gasteiger partial charge in [-0.3, -0.25) is 4.79 Å². The molecular formula is C25H27ClFN3O4S. The molecule has 10 heteroatoms. The van der Waals surface area contributed by atoms with E-state index in [-0.39, 0.29) is 23.7 Å². The van der Waals surface area contributed by atoms with Crippen molar-refractivity contribution in [2.24, 2.45) is 5.18 Å². The van der Waals surface area contributed by atoms with Crippen LogP contribution in [0.3, 0.4) is 0 Å². The van der Waals surface area contributed by atoms with Crippen molar-refractivity contribution in [3.63, 3.8) is 0 Å². The summed E-state index contributed by atoms with van der Waals surface area (Å²) in [7, 11) is -1.30. The molecule has 0 bridgehead atoms. The monoisotopic (exact) mass is 519 g/mol. The van der Waals surface area contributed by atoms with Crippen LogP contribution < -0.4 is 5.32 Å². The van der Waals surface area contributed by atoms with Crippen LogP contribution in [0.25, 0.3) is 0 Å². The number of hydrogen-bond acceptors (Lipinski definition) is 6. The molecule has 35 heavy (non-hydrogen) atoms. The van der Waals surface area contributed by atoms with Gasteiger partial charge in [-0.05, 0) is 47.4 Å². The number of benzene rings is 2. The second kappa shape index (κ2) is 11.6. The maximum atomic E-state index is 14.9. The molecule has 2 aromatic rings. The lowest BCUT2D eigenvalue weighted by molar-refractivity contribution is 0.0956. The van der Waals surface area contributed by atoms with E-state index in [4.69, 9.17) is 11.6 Å². The van der Waals surface area contributed by atoms with Crippen molar-refractivity contribution in [1.82, 2.24) is 10.2 Å². The Balaban J connectivity index is 1.88. The highest BCUT2D eigenvalue weighted by molar-refractivity contribution is 7.90. The molecule has 1 aliphatic rings. The van der Waals surface area contributed by atoms with Gasteiger partial charge in [0.25, 0.3) is 5.91 Å². The lowest BCUT2D eigenvalue weighted by atomic mass is 9.83. The molecule has 0 fully saturated rings. The van der Waals surface area contributed by atoms with Gasteiger partial charge in [0.05, 0.1) is 5.75 Å². The van der Waals surface area contributed by atoms with E-state index in [9.17, 15) is 22.5 Å². The Morgan fingerprint density at radius 3 is 2.54 bits per heavy atom. The number of rotatable bonds is 10. The van der Waals surface area contributed by atoms with Crippen molar-refractivity contribution in [3.8, 4) is 0 Å².